The van der Waals surface area contributed by atoms with Gasteiger partial charge in [-0.2, -0.15) is 0 Å². The molecule has 0 aromatic carbocycles. The highest BCUT2D eigenvalue weighted by Gasteiger charge is 2.29. The Kier molecular flexibility index (Phi) is 4.88. The molecule has 0 amide bonds. The van der Waals surface area contributed by atoms with Crippen LogP contribution in [0.1, 0.15) is 30.6 Å². The maximum atomic E-state index is 6.03. The van der Waals surface area contributed by atoms with Crippen molar-refractivity contribution in [2.45, 2.75) is 44.4 Å². The van der Waals surface area contributed by atoms with Crippen LogP contribution in [0.2, 0.25) is 0 Å². The van der Waals surface area contributed by atoms with E-state index in [2.05, 4.69) is 27.7 Å². The third kappa shape index (κ3) is 4.28. The second kappa shape index (κ2) is 6.84. The van der Waals surface area contributed by atoms with Gasteiger partial charge in [0.2, 0.25) is 0 Å². The highest BCUT2D eigenvalue weighted by Crippen LogP contribution is 2.28. The summed E-state index contributed by atoms with van der Waals surface area (Å²) < 4.78 is 6.03. The summed E-state index contributed by atoms with van der Waals surface area (Å²) in [6.07, 6.45) is 5.59. The first kappa shape index (κ1) is 13.6. The van der Waals surface area contributed by atoms with Gasteiger partial charge in [0.15, 0.2) is 0 Å². The molecule has 0 spiro atoms. The van der Waals surface area contributed by atoms with Crippen LogP contribution in [0.25, 0.3) is 0 Å². The summed E-state index contributed by atoms with van der Waals surface area (Å²) in [6.45, 7) is 5.33. The molecule has 0 bridgehead atoms. The molecule has 1 N–H and O–H groups in total. The van der Waals surface area contributed by atoms with E-state index in [1.807, 2.05) is 11.3 Å². The first-order chi connectivity index (χ1) is 9.42. The van der Waals surface area contributed by atoms with Crippen molar-refractivity contribution < 1.29 is 4.74 Å². The van der Waals surface area contributed by atoms with Crippen molar-refractivity contribution in [3.05, 3.63) is 22.4 Å². The van der Waals surface area contributed by atoms with Gasteiger partial charge in [-0.25, -0.2) is 0 Å². The van der Waals surface area contributed by atoms with Gasteiger partial charge in [-0.15, -0.1) is 11.3 Å². The van der Waals surface area contributed by atoms with E-state index in [0.29, 0.717) is 6.10 Å². The van der Waals surface area contributed by atoms with Crippen LogP contribution in [0.5, 0.6) is 0 Å². The molecule has 1 aromatic rings. The standard InChI is InChI=1S/C15H24N2OS/c1-2-15(19-11-1)12-17(13-3-4-13)9-10-18-14-5-7-16-8-6-14/h1-2,11,13-14,16H,3-10,12H2. The van der Waals surface area contributed by atoms with Crippen molar-refractivity contribution in [1.29, 1.82) is 0 Å². The van der Waals surface area contributed by atoms with Gasteiger partial charge in [0.25, 0.3) is 0 Å². The number of nitrogens with one attached hydrogen (secondary N) is 1. The van der Waals surface area contributed by atoms with Gasteiger partial charge in [0.1, 0.15) is 0 Å². The minimum atomic E-state index is 0.490. The molecule has 4 heteroatoms. The van der Waals surface area contributed by atoms with Crippen molar-refractivity contribution in [3.8, 4) is 0 Å². The zero-order chi connectivity index (χ0) is 12.9. The number of ether oxygens (including phenoxy) is 1. The van der Waals surface area contributed by atoms with Crippen LogP contribution >= 0.6 is 11.3 Å². The zero-order valence-corrected chi connectivity index (χ0v) is 12.3. The summed E-state index contributed by atoms with van der Waals surface area (Å²) in [5, 5.41) is 5.56. The van der Waals surface area contributed by atoms with Gasteiger partial charge in [-0.05, 0) is 50.2 Å². The lowest BCUT2D eigenvalue weighted by molar-refractivity contribution is 0.0180. The average Bonchev–Trinajstić information content (AvgIpc) is 3.17. The summed E-state index contributed by atoms with van der Waals surface area (Å²) >= 11 is 1.87. The molecule has 106 valence electrons. The second-order valence-corrected chi connectivity index (χ2v) is 6.63. The van der Waals surface area contributed by atoms with Crippen LogP contribution in [0.15, 0.2) is 17.5 Å². The Balaban J connectivity index is 1.40. The maximum Gasteiger partial charge on any atom is 0.0600 e. The molecule has 2 aliphatic rings. The molecule has 1 saturated heterocycles. The summed E-state index contributed by atoms with van der Waals surface area (Å²) in [5.41, 5.74) is 0. The van der Waals surface area contributed by atoms with Gasteiger partial charge in [0.05, 0.1) is 12.7 Å². The van der Waals surface area contributed by atoms with Crippen molar-refractivity contribution in [3.63, 3.8) is 0 Å². The van der Waals surface area contributed by atoms with Gasteiger partial charge >= 0.3 is 0 Å². The minimum absolute atomic E-state index is 0.490. The highest BCUT2D eigenvalue weighted by atomic mass is 32.1. The van der Waals surface area contributed by atoms with Crippen molar-refractivity contribution >= 4 is 11.3 Å². The number of piperidine rings is 1. The van der Waals surface area contributed by atoms with Crippen LogP contribution in [0, 0.1) is 0 Å². The Bertz CT molecular complexity index is 358. The fourth-order valence-electron chi connectivity index (χ4n) is 2.73. The molecule has 19 heavy (non-hydrogen) atoms. The smallest absolute Gasteiger partial charge is 0.0600 e. The van der Waals surface area contributed by atoms with Crippen LogP contribution in [0.4, 0.5) is 0 Å². The summed E-state index contributed by atoms with van der Waals surface area (Å²) in [7, 11) is 0. The van der Waals surface area contributed by atoms with E-state index < -0.39 is 0 Å². The summed E-state index contributed by atoms with van der Waals surface area (Å²) in [6, 6.07) is 5.21. The molecular formula is C15H24N2OS. The summed E-state index contributed by atoms with van der Waals surface area (Å²) in [4.78, 5) is 4.08. The molecule has 3 rings (SSSR count). The van der Waals surface area contributed by atoms with E-state index in [-0.39, 0.29) is 0 Å². The predicted molar refractivity (Wildman–Crippen MR) is 79.6 cm³/mol. The molecule has 1 saturated carbocycles. The number of hydrogen-bond acceptors (Lipinski definition) is 4. The minimum Gasteiger partial charge on any atom is -0.377 e. The lowest BCUT2D eigenvalue weighted by Crippen LogP contribution is -2.35. The highest BCUT2D eigenvalue weighted by molar-refractivity contribution is 7.09. The van der Waals surface area contributed by atoms with E-state index in [1.54, 1.807) is 0 Å². The Morgan fingerprint density at radius 3 is 2.79 bits per heavy atom. The number of nitrogens with zero attached hydrogens (tertiary/aromatic N) is 1. The maximum absolute atomic E-state index is 6.03. The fraction of sp³-hybridized carbons (Fsp3) is 0.733. The van der Waals surface area contributed by atoms with Crippen LogP contribution in [0.3, 0.4) is 0 Å². The van der Waals surface area contributed by atoms with Crippen molar-refractivity contribution in [1.82, 2.24) is 10.2 Å². The third-order valence-corrected chi connectivity index (χ3v) is 4.88. The first-order valence-electron chi connectivity index (χ1n) is 7.50. The van der Waals surface area contributed by atoms with E-state index in [1.165, 1.54) is 30.6 Å². The van der Waals surface area contributed by atoms with E-state index >= 15 is 0 Å². The molecule has 2 fully saturated rings. The quantitative estimate of drug-likeness (QED) is 0.830. The van der Waals surface area contributed by atoms with Crippen molar-refractivity contribution in [2.24, 2.45) is 0 Å². The van der Waals surface area contributed by atoms with E-state index in [0.717, 1.165) is 38.8 Å². The fourth-order valence-corrected chi connectivity index (χ4v) is 3.46. The molecule has 0 unspecified atom stereocenters. The zero-order valence-electron chi connectivity index (χ0n) is 11.5. The van der Waals surface area contributed by atoms with Crippen molar-refractivity contribution in [2.75, 3.05) is 26.2 Å². The van der Waals surface area contributed by atoms with Gasteiger partial charge in [-0.3, -0.25) is 4.90 Å². The second-order valence-electron chi connectivity index (χ2n) is 5.60. The molecular weight excluding hydrogens is 256 g/mol. The molecule has 0 radical (unpaired) electrons. The Morgan fingerprint density at radius 1 is 1.26 bits per heavy atom. The van der Waals surface area contributed by atoms with Crippen LogP contribution in [-0.2, 0) is 11.3 Å². The summed E-state index contributed by atoms with van der Waals surface area (Å²) in [5.74, 6) is 0. The molecule has 1 aromatic heterocycles. The largest absolute Gasteiger partial charge is 0.377 e. The lowest BCUT2D eigenvalue weighted by atomic mass is 10.1. The SMILES string of the molecule is c1csc(CN(CCOC2CCNCC2)C2CC2)c1. The molecule has 1 aliphatic heterocycles. The third-order valence-electron chi connectivity index (χ3n) is 4.02. The normalized spacial score (nSPS) is 21.1. The molecule has 0 atom stereocenters. The van der Waals surface area contributed by atoms with Crippen LogP contribution in [-0.4, -0.2) is 43.3 Å². The Hall–Kier alpha value is -0.420. The van der Waals surface area contributed by atoms with E-state index in [9.17, 15) is 0 Å². The average molecular weight is 280 g/mol. The Labute approximate surface area is 119 Å². The lowest BCUT2D eigenvalue weighted by Gasteiger charge is -2.26. The first-order valence-corrected chi connectivity index (χ1v) is 8.38. The monoisotopic (exact) mass is 280 g/mol. The van der Waals surface area contributed by atoms with Gasteiger partial charge in [0, 0.05) is 24.0 Å². The number of rotatable bonds is 7. The number of thiophene rings is 1. The topological polar surface area (TPSA) is 24.5 Å². The van der Waals surface area contributed by atoms with Gasteiger partial charge in [-0.1, -0.05) is 6.07 Å². The Morgan fingerprint density at radius 2 is 2.11 bits per heavy atom. The van der Waals surface area contributed by atoms with Gasteiger partial charge < -0.3 is 10.1 Å². The number of hydrogen-bond donors (Lipinski definition) is 1. The van der Waals surface area contributed by atoms with Crippen LogP contribution < -0.4 is 5.32 Å². The molecule has 3 nitrogen and oxygen atoms in total. The predicted octanol–water partition coefficient (Wildman–Crippen LogP) is 2.48. The van der Waals surface area contributed by atoms with E-state index in [4.69, 9.17) is 4.74 Å². The molecule has 2 heterocycles. The molecule has 1 aliphatic carbocycles.